The number of likely N-dealkylation sites (N-methyl/N-ethyl adjacent to an activating group) is 1. The zero-order valence-corrected chi connectivity index (χ0v) is 24.2. The molecule has 3 unspecified atom stereocenters. The lowest BCUT2D eigenvalue weighted by Gasteiger charge is -2.40. The van der Waals surface area contributed by atoms with Crippen molar-refractivity contribution in [1.82, 2.24) is 9.80 Å². The van der Waals surface area contributed by atoms with Crippen LogP contribution >= 0.6 is 39.3 Å². The van der Waals surface area contributed by atoms with Crippen molar-refractivity contribution in [2.45, 2.75) is 46.7 Å². The van der Waals surface area contributed by atoms with Gasteiger partial charge in [-0.2, -0.15) is 0 Å². The van der Waals surface area contributed by atoms with Crippen LogP contribution in [0.1, 0.15) is 19.8 Å². The fourth-order valence-electron chi connectivity index (χ4n) is 6.23. The van der Waals surface area contributed by atoms with Crippen LogP contribution in [0.2, 0.25) is 5.02 Å². The van der Waals surface area contributed by atoms with Gasteiger partial charge in [-0.05, 0) is 25.0 Å². The Balaban J connectivity index is 1.85. The van der Waals surface area contributed by atoms with Crippen LogP contribution in [-0.2, 0) is 14.4 Å². The standard InChI is InChI=1S/C27H33BrClN3O4S/c1-5-12-30(4)24(34)20-21-25(35)32(16(7-3)15-33)23(27(21)14-17(28)22(20)37-27)26(36)31(13-6-2)19-11-9-8-10-18(19)29/h5-6,8-11,16-17,20-23,33H,1-2,7,12-15H2,3-4H3/t16-,17?,20-,21-,22-,23?,27?/m0/s1. The summed E-state index contributed by atoms with van der Waals surface area (Å²) in [5, 5.41) is 10.5. The molecular formula is C27H33BrClN3O4S. The van der Waals surface area contributed by atoms with E-state index >= 15 is 0 Å². The number of anilines is 1. The summed E-state index contributed by atoms with van der Waals surface area (Å²) < 4.78 is -0.814. The van der Waals surface area contributed by atoms with Crippen molar-refractivity contribution < 1.29 is 19.5 Å². The Morgan fingerprint density at radius 1 is 1.30 bits per heavy atom. The average molecular weight is 611 g/mol. The summed E-state index contributed by atoms with van der Waals surface area (Å²) in [6, 6.07) is 5.67. The SMILES string of the molecule is C=CCN(C)C(=O)[C@H]1[C@H]2C(=O)N([C@@H](CC)CO)C(C(=O)N(CC=C)c3ccccc3Cl)C23CC(Br)[C@@H]1S3. The van der Waals surface area contributed by atoms with Gasteiger partial charge in [0.2, 0.25) is 11.8 Å². The van der Waals surface area contributed by atoms with Crippen LogP contribution in [0, 0.1) is 11.8 Å². The van der Waals surface area contributed by atoms with Crippen molar-refractivity contribution in [2.75, 3.05) is 31.6 Å². The van der Waals surface area contributed by atoms with Gasteiger partial charge >= 0.3 is 0 Å². The number of carbonyl (C=O) groups is 3. The fraction of sp³-hybridized carbons (Fsp3) is 0.519. The smallest absolute Gasteiger partial charge is 0.251 e. The van der Waals surface area contributed by atoms with E-state index in [0.717, 1.165) is 0 Å². The molecule has 3 aliphatic heterocycles. The van der Waals surface area contributed by atoms with E-state index in [-0.39, 0.29) is 41.0 Å². The number of rotatable bonds is 10. The topological polar surface area (TPSA) is 81.2 Å². The Kier molecular flexibility index (Phi) is 8.48. The van der Waals surface area contributed by atoms with Crippen LogP contribution in [0.5, 0.6) is 0 Å². The summed E-state index contributed by atoms with van der Waals surface area (Å²) in [5.74, 6) is -1.89. The molecule has 2 bridgehead atoms. The van der Waals surface area contributed by atoms with Crippen molar-refractivity contribution in [3.8, 4) is 0 Å². The first-order chi connectivity index (χ1) is 17.7. The number of thioether (sulfide) groups is 1. The van der Waals surface area contributed by atoms with Crippen LogP contribution in [0.25, 0.3) is 0 Å². The molecule has 4 rings (SSSR count). The van der Waals surface area contributed by atoms with Gasteiger partial charge < -0.3 is 19.8 Å². The number of benzene rings is 1. The molecule has 3 aliphatic rings. The minimum atomic E-state index is -0.865. The summed E-state index contributed by atoms with van der Waals surface area (Å²) in [6.07, 6.45) is 4.32. The first-order valence-corrected chi connectivity index (χ1v) is 14.6. The molecule has 3 amide bonds. The molecule has 200 valence electrons. The van der Waals surface area contributed by atoms with Gasteiger partial charge in [0, 0.05) is 30.2 Å². The molecule has 10 heteroatoms. The zero-order chi connectivity index (χ0) is 27.1. The monoisotopic (exact) mass is 609 g/mol. The molecule has 7 nitrogen and oxygen atoms in total. The zero-order valence-electron chi connectivity index (χ0n) is 21.1. The van der Waals surface area contributed by atoms with Crippen molar-refractivity contribution >= 4 is 62.7 Å². The number of aliphatic hydroxyl groups is 1. The first kappa shape index (κ1) is 28.2. The Morgan fingerprint density at radius 2 is 1.97 bits per heavy atom. The molecule has 3 saturated heterocycles. The molecule has 3 fully saturated rings. The maximum atomic E-state index is 14.5. The Morgan fingerprint density at radius 3 is 2.57 bits per heavy atom. The Hall–Kier alpha value is -1.81. The molecule has 0 saturated carbocycles. The molecule has 1 aromatic carbocycles. The van der Waals surface area contributed by atoms with E-state index in [2.05, 4.69) is 29.1 Å². The van der Waals surface area contributed by atoms with Gasteiger partial charge in [-0.25, -0.2) is 0 Å². The van der Waals surface area contributed by atoms with Crippen molar-refractivity contribution in [2.24, 2.45) is 11.8 Å². The number of halogens is 2. The Bertz CT molecular complexity index is 1100. The molecule has 1 aromatic rings. The highest BCUT2D eigenvalue weighted by Gasteiger charge is 2.76. The number of fused-ring (bicyclic) bond motifs is 1. The molecule has 0 aromatic heterocycles. The third-order valence-corrected chi connectivity index (χ3v) is 11.4. The highest BCUT2D eigenvalue weighted by molar-refractivity contribution is 9.09. The van der Waals surface area contributed by atoms with Crippen molar-refractivity contribution in [3.63, 3.8) is 0 Å². The lowest BCUT2D eigenvalue weighted by Crippen LogP contribution is -2.58. The van der Waals surface area contributed by atoms with Crippen LogP contribution in [0.3, 0.4) is 0 Å². The maximum absolute atomic E-state index is 14.5. The maximum Gasteiger partial charge on any atom is 0.251 e. The summed E-state index contributed by atoms with van der Waals surface area (Å²) in [7, 11) is 1.71. The second-order valence-electron chi connectivity index (χ2n) is 9.85. The number of alkyl halides is 1. The quantitative estimate of drug-likeness (QED) is 0.323. The Labute approximate surface area is 236 Å². The third-order valence-electron chi connectivity index (χ3n) is 7.82. The summed E-state index contributed by atoms with van der Waals surface area (Å²) in [4.78, 5) is 47.1. The van der Waals surface area contributed by atoms with Gasteiger partial charge in [0.15, 0.2) is 0 Å². The van der Waals surface area contributed by atoms with Crippen molar-refractivity contribution in [3.05, 3.63) is 54.6 Å². The summed E-state index contributed by atoms with van der Waals surface area (Å²) in [6.45, 7) is 9.75. The molecule has 3 heterocycles. The van der Waals surface area contributed by atoms with Gasteiger partial charge in [-0.3, -0.25) is 14.4 Å². The van der Waals surface area contributed by atoms with E-state index in [0.29, 0.717) is 30.1 Å². The summed E-state index contributed by atoms with van der Waals surface area (Å²) in [5.41, 5.74) is 0.532. The minimum Gasteiger partial charge on any atom is -0.394 e. The second kappa shape index (κ2) is 11.1. The van der Waals surface area contributed by atoms with E-state index < -0.39 is 28.7 Å². The lowest BCUT2D eigenvalue weighted by atomic mass is 9.70. The number of amides is 3. The number of likely N-dealkylation sites (tertiary alicyclic amines) is 1. The van der Waals surface area contributed by atoms with Gasteiger partial charge in [-0.1, -0.05) is 58.7 Å². The van der Waals surface area contributed by atoms with Crippen LogP contribution in [0.4, 0.5) is 5.69 Å². The number of para-hydroxylation sites is 1. The predicted molar refractivity (Wildman–Crippen MR) is 152 cm³/mol. The first-order valence-electron chi connectivity index (χ1n) is 12.5. The molecule has 37 heavy (non-hydrogen) atoms. The third kappa shape index (κ3) is 4.45. The van der Waals surface area contributed by atoms with Crippen molar-refractivity contribution in [1.29, 1.82) is 0 Å². The fourth-order valence-corrected chi connectivity index (χ4v) is 10.1. The number of nitrogens with zero attached hydrogens (tertiary/aromatic N) is 3. The van der Waals surface area contributed by atoms with Gasteiger partial charge in [0.05, 0.1) is 39.9 Å². The highest BCUT2D eigenvalue weighted by atomic mass is 79.9. The molecule has 0 radical (unpaired) electrons. The second-order valence-corrected chi connectivity index (χ2v) is 13.0. The van der Waals surface area contributed by atoms with E-state index in [1.54, 1.807) is 69.9 Å². The molecular weight excluding hydrogens is 578 g/mol. The summed E-state index contributed by atoms with van der Waals surface area (Å²) >= 11 is 11.9. The van der Waals surface area contributed by atoms with Gasteiger partial charge in [-0.15, -0.1) is 24.9 Å². The number of hydrogen-bond donors (Lipinski definition) is 1. The van der Waals surface area contributed by atoms with E-state index in [9.17, 15) is 19.5 Å². The van der Waals surface area contributed by atoms with E-state index in [4.69, 9.17) is 11.6 Å². The van der Waals surface area contributed by atoms with Crippen LogP contribution in [0.15, 0.2) is 49.6 Å². The van der Waals surface area contributed by atoms with E-state index in [1.807, 2.05) is 6.92 Å². The van der Waals surface area contributed by atoms with Crippen LogP contribution < -0.4 is 4.90 Å². The van der Waals surface area contributed by atoms with Gasteiger partial charge in [0.25, 0.3) is 5.91 Å². The molecule has 0 aliphatic carbocycles. The van der Waals surface area contributed by atoms with E-state index in [1.165, 1.54) is 0 Å². The molecule has 1 N–H and O–H groups in total. The van der Waals surface area contributed by atoms with Crippen LogP contribution in [-0.4, -0.2) is 86.3 Å². The van der Waals surface area contributed by atoms with Gasteiger partial charge in [0.1, 0.15) is 6.04 Å². The average Bonchev–Trinajstić information content (AvgIpc) is 3.47. The molecule has 1 spiro atoms. The number of hydrogen-bond acceptors (Lipinski definition) is 5. The normalized spacial score (nSPS) is 30.7. The molecule has 7 atom stereocenters. The number of carbonyl (C=O) groups excluding carboxylic acids is 3. The lowest BCUT2D eigenvalue weighted by molar-refractivity contribution is -0.144. The largest absolute Gasteiger partial charge is 0.394 e. The highest BCUT2D eigenvalue weighted by Crippen LogP contribution is 2.68. The predicted octanol–water partition coefficient (Wildman–Crippen LogP) is 3.74. The number of aliphatic hydroxyl groups excluding tert-OH is 1. The minimum absolute atomic E-state index is 0.0368.